The van der Waals surface area contributed by atoms with E-state index in [-0.39, 0.29) is 28.8 Å². The Labute approximate surface area is 249 Å². The summed E-state index contributed by atoms with van der Waals surface area (Å²) in [7, 11) is 3.07. The molecule has 0 spiro atoms. The molecule has 0 fully saturated rings. The molecule has 5 rings (SSSR count). The van der Waals surface area contributed by atoms with Crippen LogP contribution in [0.3, 0.4) is 0 Å². The Bertz CT molecular complexity index is 1590. The van der Waals surface area contributed by atoms with Crippen LogP contribution in [0.5, 0.6) is 11.5 Å². The number of aromatic nitrogens is 2. The third-order valence-corrected chi connectivity index (χ3v) is 8.96. The van der Waals surface area contributed by atoms with Crippen molar-refractivity contribution < 1.29 is 19.1 Å². The molecule has 2 aromatic carbocycles. The van der Waals surface area contributed by atoms with Crippen LogP contribution >= 0.6 is 34.7 Å². The molecule has 1 amide bonds. The number of ether oxygens (including phenoxy) is 2. The largest absolute Gasteiger partial charge is 0.497 e. The van der Waals surface area contributed by atoms with Gasteiger partial charge in [-0.05, 0) is 30.5 Å². The number of anilines is 2. The molecule has 1 atom stereocenters. The van der Waals surface area contributed by atoms with Gasteiger partial charge in [0.1, 0.15) is 17.3 Å². The number of rotatable bonds is 8. The number of carbonyl (C=O) groups excluding carboxylic acids is 2. The van der Waals surface area contributed by atoms with Crippen LogP contribution in [0.4, 0.5) is 10.8 Å². The Morgan fingerprint density at radius 3 is 2.56 bits per heavy atom. The SMILES string of the molecule is COc1cc(NC(=O)CSc2nnc(N3C(N)=C(C#N)C(c4ccc(Cl)cc4)C4=C3CCCC4=O)s2)cc(OC)c1. The number of thioether (sulfide) groups is 1. The molecule has 3 N–H and O–H groups in total. The second-order valence-electron chi connectivity index (χ2n) is 9.16. The molecule has 1 aliphatic carbocycles. The minimum Gasteiger partial charge on any atom is -0.497 e. The van der Waals surface area contributed by atoms with Crippen molar-refractivity contribution in [3.05, 3.63) is 75.7 Å². The van der Waals surface area contributed by atoms with Crippen LogP contribution in [-0.2, 0) is 9.59 Å². The first-order valence-corrected chi connectivity index (χ1v) is 14.7. The lowest BCUT2D eigenvalue weighted by atomic mass is 9.76. The summed E-state index contributed by atoms with van der Waals surface area (Å²) in [6.07, 6.45) is 1.65. The van der Waals surface area contributed by atoms with E-state index in [0.29, 0.717) is 56.5 Å². The number of nitrogens with one attached hydrogen (secondary N) is 1. The minimum atomic E-state index is -0.586. The van der Waals surface area contributed by atoms with Gasteiger partial charge in [-0.2, -0.15) is 5.26 Å². The number of halogens is 1. The molecule has 10 nitrogen and oxygen atoms in total. The van der Waals surface area contributed by atoms with Gasteiger partial charge in [0.05, 0.1) is 37.5 Å². The average Bonchev–Trinajstić information content (AvgIpc) is 3.44. The molecule has 2 heterocycles. The molecule has 41 heavy (non-hydrogen) atoms. The summed E-state index contributed by atoms with van der Waals surface area (Å²) in [6, 6.07) is 14.4. The standard InChI is InChI=1S/C28H25ClN6O4S2/c1-38-18-10-17(11-19(12-18)39-2)32-23(37)14-40-28-34-33-27(41-28)35-21-4-3-5-22(36)25(21)24(20(13-30)26(35)31)15-6-8-16(29)9-7-15/h6-12,24H,3-5,14,31H2,1-2H3,(H,32,37). The van der Waals surface area contributed by atoms with Crippen LogP contribution in [0.25, 0.3) is 0 Å². The molecule has 0 radical (unpaired) electrons. The number of ketones is 1. The molecule has 3 aromatic rings. The van der Waals surface area contributed by atoms with Crippen molar-refractivity contribution in [3.8, 4) is 17.6 Å². The number of hydrogen-bond acceptors (Lipinski definition) is 11. The fraction of sp³-hybridized carbons (Fsp3) is 0.250. The minimum absolute atomic E-state index is 0.0265. The molecule has 1 aromatic heterocycles. The number of nitrogens with zero attached hydrogens (tertiary/aromatic N) is 4. The van der Waals surface area contributed by atoms with Crippen molar-refractivity contribution in [2.24, 2.45) is 5.73 Å². The van der Waals surface area contributed by atoms with Gasteiger partial charge in [0.25, 0.3) is 0 Å². The van der Waals surface area contributed by atoms with E-state index in [1.165, 1.54) is 37.3 Å². The zero-order valence-corrected chi connectivity index (χ0v) is 24.5. The number of benzene rings is 2. The zero-order valence-electron chi connectivity index (χ0n) is 22.1. The summed E-state index contributed by atoms with van der Waals surface area (Å²) in [5.41, 5.74) is 9.43. The van der Waals surface area contributed by atoms with Crippen molar-refractivity contribution in [2.45, 2.75) is 29.5 Å². The number of allylic oxidation sites excluding steroid dienone is 3. The third-order valence-electron chi connectivity index (χ3n) is 6.67. The Morgan fingerprint density at radius 2 is 1.90 bits per heavy atom. The van der Waals surface area contributed by atoms with Crippen LogP contribution in [0.2, 0.25) is 5.02 Å². The highest BCUT2D eigenvalue weighted by Gasteiger charge is 2.41. The smallest absolute Gasteiger partial charge is 0.234 e. The normalized spacial score (nSPS) is 16.8. The van der Waals surface area contributed by atoms with Gasteiger partial charge in [-0.3, -0.25) is 14.5 Å². The van der Waals surface area contributed by atoms with Crippen molar-refractivity contribution in [1.29, 1.82) is 5.26 Å². The Morgan fingerprint density at radius 1 is 1.20 bits per heavy atom. The summed E-state index contributed by atoms with van der Waals surface area (Å²) < 4.78 is 11.0. The second kappa shape index (κ2) is 12.2. The molecule has 1 unspecified atom stereocenters. The topological polar surface area (TPSA) is 143 Å². The first-order valence-electron chi connectivity index (χ1n) is 12.5. The first-order chi connectivity index (χ1) is 19.8. The highest BCUT2D eigenvalue weighted by Crippen LogP contribution is 2.47. The fourth-order valence-electron chi connectivity index (χ4n) is 4.85. The van der Waals surface area contributed by atoms with Gasteiger partial charge in [-0.25, -0.2) is 0 Å². The lowest BCUT2D eigenvalue weighted by molar-refractivity contribution is -0.116. The molecular formula is C28H25ClN6O4S2. The molecule has 210 valence electrons. The van der Waals surface area contributed by atoms with Gasteiger partial charge < -0.3 is 20.5 Å². The summed E-state index contributed by atoms with van der Waals surface area (Å²) in [5, 5.41) is 22.5. The maximum absolute atomic E-state index is 13.3. The van der Waals surface area contributed by atoms with E-state index in [0.717, 1.165) is 11.3 Å². The number of carbonyl (C=O) groups is 2. The number of amides is 1. The lowest BCUT2D eigenvalue weighted by Crippen LogP contribution is -2.38. The van der Waals surface area contributed by atoms with E-state index >= 15 is 0 Å². The van der Waals surface area contributed by atoms with E-state index < -0.39 is 5.92 Å². The predicted molar refractivity (Wildman–Crippen MR) is 158 cm³/mol. The molecular weight excluding hydrogens is 584 g/mol. The summed E-state index contributed by atoms with van der Waals surface area (Å²) in [6.45, 7) is 0. The van der Waals surface area contributed by atoms with Crippen LogP contribution in [0.15, 0.2) is 69.5 Å². The molecule has 0 bridgehead atoms. The summed E-state index contributed by atoms with van der Waals surface area (Å²) in [5.74, 6) is 0.529. The van der Waals surface area contributed by atoms with Crippen LogP contribution < -0.4 is 25.4 Å². The van der Waals surface area contributed by atoms with Gasteiger partial charge in [0.15, 0.2) is 10.1 Å². The number of nitrogens with two attached hydrogens (primary N) is 1. The van der Waals surface area contributed by atoms with Crippen molar-refractivity contribution >= 4 is 57.2 Å². The molecule has 13 heteroatoms. The second-order valence-corrected chi connectivity index (χ2v) is 11.8. The highest BCUT2D eigenvalue weighted by molar-refractivity contribution is 8.01. The van der Waals surface area contributed by atoms with Crippen molar-refractivity contribution in [3.63, 3.8) is 0 Å². The maximum Gasteiger partial charge on any atom is 0.234 e. The summed E-state index contributed by atoms with van der Waals surface area (Å²) in [4.78, 5) is 27.6. The van der Waals surface area contributed by atoms with Gasteiger partial charge in [0.2, 0.25) is 11.0 Å². The van der Waals surface area contributed by atoms with E-state index in [1.807, 2.05) is 12.1 Å². The third kappa shape index (κ3) is 5.88. The van der Waals surface area contributed by atoms with E-state index in [4.69, 9.17) is 26.8 Å². The number of nitriles is 1. The number of methoxy groups -OCH3 is 2. The zero-order chi connectivity index (χ0) is 29.1. The van der Waals surface area contributed by atoms with E-state index in [2.05, 4.69) is 21.6 Å². The fourth-order valence-corrected chi connectivity index (χ4v) is 6.66. The monoisotopic (exact) mass is 608 g/mol. The average molecular weight is 609 g/mol. The molecule has 0 saturated carbocycles. The maximum atomic E-state index is 13.3. The first kappa shape index (κ1) is 28.5. The quantitative estimate of drug-likeness (QED) is 0.326. The predicted octanol–water partition coefficient (Wildman–Crippen LogP) is 5.24. The Kier molecular flexibility index (Phi) is 8.49. The van der Waals surface area contributed by atoms with Gasteiger partial charge in [0, 0.05) is 46.6 Å². The number of Topliss-reactive ketones (excluding diaryl/α,β-unsaturated/α-hetero) is 1. The Balaban J connectivity index is 1.38. The van der Waals surface area contributed by atoms with Gasteiger partial charge >= 0.3 is 0 Å². The molecule has 1 aliphatic heterocycles. The van der Waals surface area contributed by atoms with Crippen LogP contribution in [0, 0.1) is 11.3 Å². The molecule has 0 saturated heterocycles. The van der Waals surface area contributed by atoms with Gasteiger partial charge in [-0.1, -0.05) is 46.8 Å². The lowest BCUT2D eigenvalue weighted by Gasteiger charge is -2.38. The molecule has 2 aliphatic rings. The number of hydrogen-bond donors (Lipinski definition) is 2. The van der Waals surface area contributed by atoms with Crippen LogP contribution in [-0.4, -0.2) is 41.9 Å². The van der Waals surface area contributed by atoms with Crippen molar-refractivity contribution in [1.82, 2.24) is 10.2 Å². The van der Waals surface area contributed by atoms with Crippen molar-refractivity contribution in [2.75, 3.05) is 30.2 Å². The summed E-state index contributed by atoms with van der Waals surface area (Å²) >= 11 is 8.54. The van der Waals surface area contributed by atoms with E-state index in [1.54, 1.807) is 35.2 Å². The Hall–Kier alpha value is -4.05. The highest BCUT2D eigenvalue weighted by atomic mass is 35.5. The van der Waals surface area contributed by atoms with Gasteiger partial charge in [-0.15, -0.1) is 10.2 Å². The van der Waals surface area contributed by atoms with Crippen LogP contribution in [0.1, 0.15) is 30.7 Å². The van der Waals surface area contributed by atoms with E-state index in [9.17, 15) is 14.9 Å².